The number of benzene rings is 1. The lowest BCUT2D eigenvalue weighted by molar-refractivity contribution is -0.284. The molecule has 4 unspecified atom stereocenters. The van der Waals surface area contributed by atoms with Gasteiger partial charge in [-0.25, -0.2) is 4.79 Å². The molecular formula is C19H22BrClN2O9. The molecule has 0 bridgehead atoms. The first-order valence-electron chi connectivity index (χ1n) is 9.48. The lowest BCUT2D eigenvalue weighted by atomic mass is 9.88. The number of carboxylic acid groups (broad SMARTS) is 1. The molecule has 6 atom stereocenters. The standard InChI is InChI=1S/C19H22BrClN2O9/c1-7(25)23-15-10(26)4-19(18(29)30,32-17(15)16(28)11(27)6-24)31-12-5-22-9-3-2-8(20)14(21)13(9)12/h2-3,5,10-11,15-17,22,24,26-28H,4,6H2,1H3,(H,23,25)(H,29,30)/t10?,11-,15?,16-,17?,19?/m0/s1. The smallest absolute Gasteiger partial charge is 0.377 e. The van der Waals surface area contributed by atoms with Crippen molar-refractivity contribution in [2.45, 2.75) is 49.6 Å². The van der Waals surface area contributed by atoms with Crippen LogP contribution in [0.15, 0.2) is 22.8 Å². The van der Waals surface area contributed by atoms with Crippen LogP contribution in [0.4, 0.5) is 0 Å². The number of carbonyl (C=O) groups excluding carboxylic acids is 1. The van der Waals surface area contributed by atoms with E-state index in [9.17, 15) is 35.1 Å². The third-order valence-electron chi connectivity index (χ3n) is 5.16. The van der Waals surface area contributed by atoms with E-state index >= 15 is 0 Å². The molecule has 3 rings (SSSR count). The van der Waals surface area contributed by atoms with Gasteiger partial charge in [0.2, 0.25) is 5.91 Å². The molecule has 13 heteroatoms. The second-order valence-corrected chi connectivity index (χ2v) is 8.65. The molecule has 2 heterocycles. The molecule has 1 aliphatic rings. The highest BCUT2D eigenvalue weighted by Crippen LogP contribution is 2.41. The first-order valence-corrected chi connectivity index (χ1v) is 10.6. The van der Waals surface area contributed by atoms with Crippen molar-refractivity contribution >= 4 is 50.3 Å². The fourth-order valence-electron chi connectivity index (χ4n) is 3.62. The minimum Gasteiger partial charge on any atom is -0.476 e. The summed E-state index contributed by atoms with van der Waals surface area (Å²) < 4.78 is 11.9. The van der Waals surface area contributed by atoms with E-state index in [1.807, 2.05) is 0 Å². The molecule has 11 nitrogen and oxygen atoms in total. The Labute approximate surface area is 195 Å². The summed E-state index contributed by atoms with van der Waals surface area (Å²) in [4.78, 5) is 26.8. The van der Waals surface area contributed by atoms with E-state index in [4.69, 9.17) is 21.1 Å². The van der Waals surface area contributed by atoms with Gasteiger partial charge in [0, 0.05) is 17.6 Å². The van der Waals surface area contributed by atoms with Gasteiger partial charge in [0.15, 0.2) is 5.75 Å². The number of nitrogens with one attached hydrogen (secondary N) is 2. The number of rotatable bonds is 7. The number of aliphatic hydroxyl groups excluding tert-OH is 4. The molecular weight excluding hydrogens is 516 g/mol. The van der Waals surface area contributed by atoms with Crippen molar-refractivity contribution in [2.75, 3.05) is 6.61 Å². The van der Waals surface area contributed by atoms with E-state index in [0.717, 1.165) is 6.92 Å². The third-order valence-corrected chi connectivity index (χ3v) is 6.44. The zero-order valence-corrected chi connectivity index (χ0v) is 19.0. The zero-order valence-electron chi connectivity index (χ0n) is 16.7. The number of halogens is 2. The van der Waals surface area contributed by atoms with Crippen LogP contribution in [0.25, 0.3) is 10.9 Å². The monoisotopic (exact) mass is 536 g/mol. The molecule has 0 spiro atoms. The van der Waals surface area contributed by atoms with Gasteiger partial charge in [-0.2, -0.15) is 0 Å². The molecule has 7 N–H and O–H groups in total. The number of hydrogen-bond acceptors (Lipinski definition) is 8. The van der Waals surface area contributed by atoms with Crippen LogP contribution in [0.3, 0.4) is 0 Å². The average Bonchev–Trinajstić information content (AvgIpc) is 3.14. The normalized spacial score (nSPS) is 27.7. The van der Waals surface area contributed by atoms with Gasteiger partial charge in [0.25, 0.3) is 0 Å². The fraction of sp³-hybridized carbons (Fsp3) is 0.474. The minimum absolute atomic E-state index is 0.00479. The summed E-state index contributed by atoms with van der Waals surface area (Å²) in [6, 6.07) is 2.07. The maximum Gasteiger partial charge on any atom is 0.377 e. The number of aliphatic carboxylic acids is 1. The molecule has 176 valence electrons. The lowest BCUT2D eigenvalue weighted by Crippen LogP contribution is -2.68. The number of carboxylic acids is 1. The fourth-order valence-corrected chi connectivity index (χ4v) is 4.21. The van der Waals surface area contributed by atoms with Gasteiger partial charge < -0.3 is 45.3 Å². The Balaban J connectivity index is 2.05. The Morgan fingerprint density at radius 2 is 2.12 bits per heavy atom. The van der Waals surface area contributed by atoms with Crippen LogP contribution in [-0.2, 0) is 14.3 Å². The number of H-pyrrole nitrogens is 1. The SMILES string of the molecule is CC(=O)NC1C(O)CC(Oc2c[nH]c3ccc(Br)c(Cl)c23)(C(=O)O)OC1[C@@H](O)[C@@H](O)CO. The largest absolute Gasteiger partial charge is 0.476 e. The van der Waals surface area contributed by atoms with Crippen molar-refractivity contribution in [1.29, 1.82) is 0 Å². The van der Waals surface area contributed by atoms with Crippen molar-refractivity contribution in [3.8, 4) is 5.75 Å². The summed E-state index contributed by atoms with van der Waals surface area (Å²) in [7, 11) is 0. The Kier molecular flexibility index (Phi) is 7.34. The van der Waals surface area contributed by atoms with Crippen LogP contribution in [0, 0.1) is 0 Å². The molecule has 2 aromatic rings. The van der Waals surface area contributed by atoms with Crippen LogP contribution in [-0.4, -0.2) is 85.2 Å². The molecule has 1 amide bonds. The molecule has 1 aliphatic heterocycles. The summed E-state index contributed by atoms with van der Waals surface area (Å²) in [6.45, 7) is 0.275. The minimum atomic E-state index is -2.52. The van der Waals surface area contributed by atoms with Crippen LogP contribution >= 0.6 is 27.5 Å². The number of aliphatic hydroxyl groups is 4. The van der Waals surface area contributed by atoms with Gasteiger partial charge in [-0.1, -0.05) is 11.6 Å². The van der Waals surface area contributed by atoms with E-state index in [1.54, 1.807) is 12.1 Å². The number of amides is 1. The predicted octanol–water partition coefficient (Wildman–Crippen LogP) is 0.112. The van der Waals surface area contributed by atoms with Crippen LogP contribution < -0.4 is 10.1 Å². The van der Waals surface area contributed by atoms with Crippen molar-refractivity contribution in [1.82, 2.24) is 10.3 Å². The van der Waals surface area contributed by atoms with Gasteiger partial charge in [-0.05, 0) is 28.1 Å². The van der Waals surface area contributed by atoms with Crippen molar-refractivity contribution in [3.05, 3.63) is 27.8 Å². The van der Waals surface area contributed by atoms with E-state index in [-0.39, 0.29) is 10.8 Å². The van der Waals surface area contributed by atoms with Gasteiger partial charge in [-0.15, -0.1) is 0 Å². The van der Waals surface area contributed by atoms with Crippen LogP contribution in [0.2, 0.25) is 5.02 Å². The quantitative estimate of drug-likeness (QED) is 0.258. The summed E-state index contributed by atoms with van der Waals surface area (Å²) in [5.41, 5.74) is 0.536. The molecule has 0 radical (unpaired) electrons. The molecule has 0 aliphatic carbocycles. The lowest BCUT2D eigenvalue weighted by Gasteiger charge is -2.46. The summed E-state index contributed by atoms with van der Waals surface area (Å²) in [5.74, 6) is -4.75. The van der Waals surface area contributed by atoms with Crippen LogP contribution in [0.1, 0.15) is 13.3 Å². The van der Waals surface area contributed by atoms with E-state index in [2.05, 4.69) is 26.2 Å². The van der Waals surface area contributed by atoms with Crippen LogP contribution in [0.5, 0.6) is 5.75 Å². The highest BCUT2D eigenvalue weighted by atomic mass is 79.9. The summed E-state index contributed by atoms with van der Waals surface area (Å²) >= 11 is 9.61. The Bertz CT molecular complexity index is 1020. The van der Waals surface area contributed by atoms with E-state index in [0.29, 0.717) is 15.4 Å². The predicted molar refractivity (Wildman–Crippen MR) is 114 cm³/mol. The highest BCUT2D eigenvalue weighted by molar-refractivity contribution is 9.10. The average molecular weight is 538 g/mol. The molecule has 1 aromatic heterocycles. The van der Waals surface area contributed by atoms with Gasteiger partial charge >= 0.3 is 11.8 Å². The molecule has 1 aromatic carbocycles. The Hall–Kier alpha value is -1.93. The topological polar surface area (TPSA) is 182 Å². The third kappa shape index (κ3) is 4.57. The van der Waals surface area contributed by atoms with Gasteiger partial charge in [0.05, 0.1) is 41.1 Å². The van der Waals surface area contributed by atoms with Gasteiger partial charge in [-0.3, -0.25) is 4.79 Å². The van der Waals surface area contributed by atoms with Crippen molar-refractivity contribution in [2.24, 2.45) is 0 Å². The summed E-state index contributed by atoms with van der Waals surface area (Å²) in [6.07, 6.45) is -6.09. The summed E-state index contributed by atoms with van der Waals surface area (Å²) in [5, 5.41) is 53.2. The Morgan fingerprint density at radius 1 is 1.44 bits per heavy atom. The van der Waals surface area contributed by atoms with E-state index in [1.165, 1.54) is 6.20 Å². The highest BCUT2D eigenvalue weighted by Gasteiger charge is 2.57. The molecule has 0 saturated carbocycles. The number of carbonyl (C=O) groups is 2. The first-order chi connectivity index (χ1) is 15.0. The maximum absolute atomic E-state index is 12.3. The first kappa shape index (κ1) is 24.7. The number of hydrogen-bond donors (Lipinski definition) is 7. The second kappa shape index (κ2) is 9.51. The second-order valence-electron chi connectivity index (χ2n) is 7.42. The zero-order chi connectivity index (χ0) is 23.8. The Morgan fingerprint density at radius 3 is 2.72 bits per heavy atom. The van der Waals surface area contributed by atoms with Crippen molar-refractivity contribution in [3.63, 3.8) is 0 Å². The van der Waals surface area contributed by atoms with Gasteiger partial charge in [0.1, 0.15) is 18.3 Å². The molecule has 1 saturated heterocycles. The number of fused-ring (bicyclic) bond motifs is 1. The number of aromatic amines is 1. The van der Waals surface area contributed by atoms with E-state index < -0.39 is 61.1 Å². The number of ether oxygens (including phenoxy) is 2. The van der Waals surface area contributed by atoms with Crippen molar-refractivity contribution < 1.29 is 44.6 Å². The molecule has 32 heavy (non-hydrogen) atoms. The molecule has 1 fully saturated rings. The number of aromatic nitrogens is 1. The maximum atomic E-state index is 12.3.